The Morgan fingerprint density at radius 2 is 1.72 bits per heavy atom. The molecule has 0 aromatic carbocycles. The average Bonchev–Trinajstić information content (AvgIpc) is 3.06. The minimum atomic E-state index is 0.735. The molecule has 1 aromatic heterocycles. The Bertz CT molecular complexity index is 442. The van der Waals surface area contributed by atoms with Gasteiger partial charge in [-0.25, -0.2) is 0 Å². The Hall–Kier alpha value is -0.920. The minimum absolute atomic E-state index is 0.735. The molecule has 0 amide bonds. The van der Waals surface area contributed by atoms with Crippen molar-refractivity contribution in [1.82, 2.24) is 4.68 Å². The maximum absolute atomic E-state index is 3.82. The van der Waals surface area contributed by atoms with Gasteiger partial charge in [0, 0.05) is 17.4 Å². The van der Waals surface area contributed by atoms with Crippen LogP contribution in [-0.2, 0) is 0 Å². The van der Waals surface area contributed by atoms with Gasteiger partial charge in [0.25, 0.3) is 0 Å². The van der Waals surface area contributed by atoms with E-state index in [1.165, 1.54) is 43.5 Å². The average molecular weight is 244 g/mol. The van der Waals surface area contributed by atoms with Crippen LogP contribution < -0.4 is 5.43 Å². The van der Waals surface area contributed by atoms with Gasteiger partial charge < -0.3 is 5.43 Å². The van der Waals surface area contributed by atoms with Crippen LogP contribution in [0.25, 0.3) is 0 Å². The molecule has 1 N–H and O–H groups in total. The first kappa shape index (κ1) is 11.0. The van der Waals surface area contributed by atoms with Crippen LogP contribution in [0.4, 0.5) is 0 Å². The Morgan fingerprint density at radius 3 is 2.50 bits per heavy atom. The molecule has 18 heavy (non-hydrogen) atoms. The molecule has 1 heterocycles. The highest BCUT2D eigenvalue weighted by Gasteiger charge is 2.53. The molecule has 0 radical (unpaired) electrons. The summed E-state index contributed by atoms with van der Waals surface area (Å²) in [5.74, 6) is 4.15. The zero-order valence-electron chi connectivity index (χ0n) is 11.5. The zero-order valence-corrected chi connectivity index (χ0v) is 11.5. The molecule has 2 bridgehead atoms. The number of hydrogen-bond donors (Lipinski definition) is 1. The van der Waals surface area contributed by atoms with E-state index < -0.39 is 0 Å². The largest absolute Gasteiger partial charge is 0.323 e. The molecule has 0 aliphatic heterocycles. The summed E-state index contributed by atoms with van der Waals surface area (Å²) in [5, 5.41) is 0. The Morgan fingerprint density at radius 1 is 1.00 bits per heavy atom. The molecule has 2 nitrogen and oxygen atoms in total. The molecule has 98 valence electrons. The fourth-order valence-corrected chi connectivity index (χ4v) is 5.25. The van der Waals surface area contributed by atoms with Crippen LogP contribution in [0.2, 0.25) is 0 Å². The summed E-state index contributed by atoms with van der Waals surface area (Å²) in [4.78, 5) is 0. The lowest BCUT2D eigenvalue weighted by Crippen LogP contribution is -2.38. The van der Waals surface area contributed by atoms with Crippen LogP contribution in [0.15, 0.2) is 12.1 Å². The lowest BCUT2D eigenvalue weighted by Gasteiger charge is -2.33. The molecule has 0 saturated heterocycles. The van der Waals surface area contributed by atoms with Gasteiger partial charge in [-0.1, -0.05) is 6.42 Å². The standard InChI is InChI=1S/C16H24N2/c1-10-6-7-11(2)18(10)17-16-9-12-8-15(16)14-5-3-4-13(12)14/h6-7,12-17H,3-5,8-9H2,1-2H3. The van der Waals surface area contributed by atoms with Crippen LogP contribution >= 0.6 is 0 Å². The van der Waals surface area contributed by atoms with Gasteiger partial charge in [0.2, 0.25) is 0 Å². The number of rotatable bonds is 2. The minimum Gasteiger partial charge on any atom is -0.323 e. The molecule has 5 atom stereocenters. The first-order valence-electron chi connectivity index (χ1n) is 7.65. The van der Waals surface area contributed by atoms with Crippen molar-refractivity contribution < 1.29 is 0 Å². The highest BCUT2D eigenvalue weighted by Crippen LogP contribution is 2.58. The van der Waals surface area contributed by atoms with E-state index in [4.69, 9.17) is 0 Å². The summed E-state index contributed by atoms with van der Waals surface area (Å²) in [6.07, 6.45) is 7.46. The van der Waals surface area contributed by atoms with E-state index in [1.807, 2.05) is 0 Å². The third-order valence-corrected chi connectivity index (χ3v) is 5.99. The van der Waals surface area contributed by atoms with Crippen LogP contribution in [0.3, 0.4) is 0 Å². The summed E-state index contributed by atoms with van der Waals surface area (Å²) in [5.41, 5.74) is 6.51. The Kier molecular flexibility index (Phi) is 2.30. The fraction of sp³-hybridized carbons (Fsp3) is 0.750. The van der Waals surface area contributed by atoms with Gasteiger partial charge in [0.05, 0.1) is 0 Å². The molecular formula is C16H24N2. The van der Waals surface area contributed by atoms with Gasteiger partial charge in [0.1, 0.15) is 0 Å². The normalized spacial score (nSPS) is 41.3. The second-order valence-corrected chi connectivity index (χ2v) is 6.84. The van der Waals surface area contributed by atoms with Gasteiger partial charge in [0.15, 0.2) is 0 Å². The van der Waals surface area contributed by atoms with E-state index in [0.29, 0.717) is 0 Å². The van der Waals surface area contributed by atoms with E-state index in [1.54, 1.807) is 0 Å². The van der Waals surface area contributed by atoms with Crippen LogP contribution in [0.5, 0.6) is 0 Å². The van der Waals surface area contributed by atoms with Crippen molar-refractivity contribution in [3.8, 4) is 0 Å². The van der Waals surface area contributed by atoms with Gasteiger partial charge >= 0.3 is 0 Å². The number of fused-ring (bicyclic) bond motifs is 5. The van der Waals surface area contributed by atoms with E-state index >= 15 is 0 Å². The molecule has 0 spiro atoms. The SMILES string of the molecule is Cc1ccc(C)n1NC1CC2CC1C1CCCC21. The second kappa shape index (κ2) is 3.79. The van der Waals surface area contributed by atoms with Crippen molar-refractivity contribution in [1.29, 1.82) is 0 Å². The molecule has 3 aliphatic carbocycles. The first-order valence-corrected chi connectivity index (χ1v) is 7.65. The molecule has 4 rings (SSSR count). The number of nitrogens with one attached hydrogen (secondary N) is 1. The number of aryl methyl sites for hydroxylation is 2. The third kappa shape index (κ3) is 1.41. The van der Waals surface area contributed by atoms with Crippen molar-refractivity contribution in [2.45, 2.75) is 52.0 Å². The van der Waals surface area contributed by atoms with Gasteiger partial charge in [-0.05, 0) is 75.3 Å². The fourth-order valence-electron chi connectivity index (χ4n) is 5.25. The summed E-state index contributed by atoms with van der Waals surface area (Å²) in [6.45, 7) is 4.40. The van der Waals surface area contributed by atoms with Gasteiger partial charge in [-0.2, -0.15) is 0 Å². The monoisotopic (exact) mass is 244 g/mol. The highest BCUT2D eigenvalue weighted by molar-refractivity contribution is 5.18. The summed E-state index contributed by atoms with van der Waals surface area (Å²) < 4.78 is 2.31. The number of hydrogen-bond acceptors (Lipinski definition) is 1. The molecule has 3 saturated carbocycles. The maximum atomic E-state index is 3.82. The van der Waals surface area contributed by atoms with E-state index in [9.17, 15) is 0 Å². The van der Waals surface area contributed by atoms with Crippen molar-refractivity contribution in [2.24, 2.45) is 23.7 Å². The van der Waals surface area contributed by atoms with Crippen molar-refractivity contribution in [3.05, 3.63) is 23.5 Å². The zero-order chi connectivity index (χ0) is 12.3. The molecule has 5 unspecified atom stereocenters. The lowest BCUT2D eigenvalue weighted by atomic mass is 9.79. The van der Waals surface area contributed by atoms with Crippen LogP contribution in [0, 0.1) is 37.5 Å². The van der Waals surface area contributed by atoms with E-state index in [-0.39, 0.29) is 0 Å². The number of nitrogens with zero attached hydrogens (tertiary/aromatic N) is 1. The topological polar surface area (TPSA) is 17.0 Å². The quantitative estimate of drug-likeness (QED) is 0.843. The van der Waals surface area contributed by atoms with Crippen LogP contribution in [0.1, 0.15) is 43.5 Å². The van der Waals surface area contributed by atoms with Crippen molar-refractivity contribution >= 4 is 0 Å². The van der Waals surface area contributed by atoms with E-state index in [0.717, 1.165) is 29.7 Å². The summed E-state index contributed by atoms with van der Waals surface area (Å²) in [7, 11) is 0. The van der Waals surface area contributed by atoms with Gasteiger partial charge in [-0.15, -0.1) is 0 Å². The molecule has 1 aromatic rings. The molecule has 2 heteroatoms. The predicted molar refractivity (Wildman–Crippen MR) is 74.1 cm³/mol. The van der Waals surface area contributed by atoms with Crippen LogP contribution in [-0.4, -0.2) is 10.7 Å². The second-order valence-electron chi connectivity index (χ2n) is 6.84. The molecule has 3 aliphatic rings. The van der Waals surface area contributed by atoms with Gasteiger partial charge in [-0.3, -0.25) is 4.68 Å². The summed E-state index contributed by atoms with van der Waals surface area (Å²) >= 11 is 0. The van der Waals surface area contributed by atoms with Crippen molar-refractivity contribution in [2.75, 3.05) is 5.43 Å². The smallest absolute Gasteiger partial charge is 0.0458 e. The predicted octanol–water partition coefficient (Wildman–Crippen LogP) is 3.47. The Balaban J connectivity index is 1.55. The maximum Gasteiger partial charge on any atom is 0.0458 e. The Labute approximate surface area is 110 Å². The molecule has 3 fully saturated rings. The van der Waals surface area contributed by atoms with Crippen molar-refractivity contribution in [3.63, 3.8) is 0 Å². The summed E-state index contributed by atoms with van der Waals surface area (Å²) in [6, 6.07) is 5.17. The lowest BCUT2D eigenvalue weighted by molar-refractivity contribution is 0.235. The number of aromatic nitrogens is 1. The first-order chi connectivity index (χ1) is 8.74. The highest BCUT2D eigenvalue weighted by atomic mass is 15.4. The van der Waals surface area contributed by atoms with E-state index in [2.05, 4.69) is 36.1 Å². The third-order valence-electron chi connectivity index (χ3n) is 5.99. The molecular weight excluding hydrogens is 220 g/mol.